The maximum atomic E-state index is 13.5. The summed E-state index contributed by atoms with van der Waals surface area (Å²) in [5.41, 5.74) is 1.09. The molecule has 4 nitrogen and oxygen atoms in total. The van der Waals surface area contributed by atoms with Gasteiger partial charge in [0, 0.05) is 30.9 Å². The third kappa shape index (κ3) is 1.85. The SMILES string of the molecule is Cc1cc([N+](=O)[O-])c(F)cc1N1CCCC1. The maximum Gasteiger partial charge on any atom is 0.305 e. The molecule has 0 spiro atoms. The predicted octanol–water partition coefficient (Wildman–Crippen LogP) is 2.64. The summed E-state index contributed by atoms with van der Waals surface area (Å²) < 4.78 is 13.5. The molecule has 0 N–H and O–H groups in total. The molecule has 16 heavy (non-hydrogen) atoms. The molecule has 0 saturated carbocycles. The van der Waals surface area contributed by atoms with Crippen LogP contribution in [0.5, 0.6) is 0 Å². The first-order valence-electron chi connectivity index (χ1n) is 5.29. The van der Waals surface area contributed by atoms with E-state index in [0.29, 0.717) is 0 Å². The van der Waals surface area contributed by atoms with Crippen molar-refractivity contribution in [1.82, 2.24) is 0 Å². The summed E-state index contributed by atoms with van der Waals surface area (Å²) in [6, 6.07) is 2.59. The minimum Gasteiger partial charge on any atom is -0.371 e. The molecule has 1 heterocycles. The summed E-state index contributed by atoms with van der Waals surface area (Å²) in [6.07, 6.45) is 2.19. The molecule has 2 rings (SSSR count). The smallest absolute Gasteiger partial charge is 0.305 e. The van der Waals surface area contributed by atoms with Crippen LogP contribution in [0, 0.1) is 22.9 Å². The normalized spacial score (nSPS) is 15.5. The Kier molecular flexibility index (Phi) is 2.77. The molecular formula is C11H13FN2O2. The summed E-state index contributed by atoms with van der Waals surface area (Å²) in [6.45, 7) is 3.58. The van der Waals surface area contributed by atoms with Crippen molar-refractivity contribution in [3.8, 4) is 0 Å². The van der Waals surface area contributed by atoms with Crippen LogP contribution in [0.4, 0.5) is 15.8 Å². The Hall–Kier alpha value is -1.65. The second-order valence-corrected chi connectivity index (χ2v) is 4.04. The number of aryl methyl sites for hydroxylation is 1. The lowest BCUT2D eigenvalue weighted by Gasteiger charge is -2.19. The van der Waals surface area contributed by atoms with Crippen molar-refractivity contribution in [3.05, 3.63) is 33.6 Å². The molecule has 0 aromatic heterocycles. The molecule has 0 atom stereocenters. The fraction of sp³-hybridized carbons (Fsp3) is 0.455. The Bertz CT molecular complexity index is 428. The van der Waals surface area contributed by atoms with Crippen LogP contribution in [0.2, 0.25) is 0 Å². The van der Waals surface area contributed by atoms with Crippen LogP contribution in [-0.4, -0.2) is 18.0 Å². The number of anilines is 1. The van der Waals surface area contributed by atoms with Crippen LogP contribution in [0.15, 0.2) is 12.1 Å². The van der Waals surface area contributed by atoms with Gasteiger partial charge in [0.15, 0.2) is 0 Å². The molecule has 0 radical (unpaired) electrons. The number of halogens is 1. The molecule has 1 aliphatic heterocycles. The van der Waals surface area contributed by atoms with E-state index in [2.05, 4.69) is 4.90 Å². The van der Waals surface area contributed by atoms with Crippen molar-refractivity contribution in [1.29, 1.82) is 0 Å². The van der Waals surface area contributed by atoms with Gasteiger partial charge in [0.25, 0.3) is 0 Å². The van der Waals surface area contributed by atoms with Crippen LogP contribution in [0.1, 0.15) is 18.4 Å². The van der Waals surface area contributed by atoms with Crippen LogP contribution < -0.4 is 4.90 Å². The van der Waals surface area contributed by atoms with Crippen molar-refractivity contribution < 1.29 is 9.31 Å². The van der Waals surface area contributed by atoms with E-state index >= 15 is 0 Å². The lowest BCUT2D eigenvalue weighted by atomic mass is 10.1. The average molecular weight is 224 g/mol. The van der Waals surface area contributed by atoms with Crippen molar-refractivity contribution >= 4 is 11.4 Å². The highest BCUT2D eigenvalue weighted by Crippen LogP contribution is 2.29. The lowest BCUT2D eigenvalue weighted by molar-refractivity contribution is -0.387. The number of rotatable bonds is 2. The van der Waals surface area contributed by atoms with Gasteiger partial charge in [0.05, 0.1) is 4.92 Å². The van der Waals surface area contributed by atoms with Crippen molar-refractivity contribution in [2.75, 3.05) is 18.0 Å². The van der Waals surface area contributed by atoms with Crippen molar-refractivity contribution in [2.45, 2.75) is 19.8 Å². The quantitative estimate of drug-likeness (QED) is 0.573. The first-order valence-corrected chi connectivity index (χ1v) is 5.29. The Morgan fingerprint density at radius 3 is 2.56 bits per heavy atom. The van der Waals surface area contributed by atoms with Gasteiger partial charge in [-0.2, -0.15) is 4.39 Å². The third-order valence-electron chi connectivity index (χ3n) is 2.91. The van der Waals surface area contributed by atoms with E-state index in [1.54, 1.807) is 6.92 Å². The molecule has 86 valence electrons. The lowest BCUT2D eigenvalue weighted by Crippen LogP contribution is -2.19. The van der Waals surface area contributed by atoms with Crippen LogP contribution in [0.3, 0.4) is 0 Å². The van der Waals surface area contributed by atoms with Gasteiger partial charge in [0.2, 0.25) is 5.82 Å². The number of nitrogens with zero attached hydrogens (tertiary/aromatic N) is 2. The zero-order chi connectivity index (χ0) is 11.7. The van der Waals surface area contributed by atoms with Crippen LogP contribution in [0.25, 0.3) is 0 Å². The largest absolute Gasteiger partial charge is 0.371 e. The summed E-state index contributed by atoms with van der Waals surface area (Å²) in [5.74, 6) is -0.752. The molecule has 0 amide bonds. The van der Waals surface area contributed by atoms with E-state index in [0.717, 1.165) is 37.2 Å². The number of nitro groups is 1. The molecular weight excluding hydrogens is 211 g/mol. The molecule has 1 aromatic carbocycles. The van der Waals surface area contributed by atoms with E-state index < -0.39 is 16.4 Å². The minimum atomic E-state index is -0.752. The number of benzene rings is 1. The fourth-order valence-corrected chi connectivity index (χ4v) is 2.09. The predicted molar refractivity (Wildman–Crippen MR) is 59.2 cm³/mol. The van der Waals surface area contributed by atoms with E-state index in [1.807, 2.05) is 0 Å². The van der Waals surface area contributed by atoms with Crippen LogP contribution >= 0.6 is 0 Å². The molecule has 1 aliphatic rings. The molecule has 0 bridgehead atoms. The van der Waals surface area contributed by atoms with Crippen LogP contribution in [-0.2, 0) is 0 Å². The van der Waals surface area contributed by atoms with Gasteiger partial charge >= 0.3 is 5.69 Å². The monoisotopic (exact) mass is 224 g/mol. The Morgan fingerprint density at radius 2 is 2.00 bits per heavy atom. The topological polar surface area (TPSA) is 46.4 Å². The van der Waals surface area contributed by atoms with Gasteiger partial charge in [-0.1, -0.05) is 0 Å². The number of nitro benzene ring substituents is 1. The second-order valence-electron chi connectivity index (χ2n) is 4.04. The van der Waals surface area contributed by atoms with E-state index in [1.165, 1.54) is 12.1 Å². The first-order chi connectivity index (χ1) is 7.59. The van der Waals surface area contributed by atoms with Gasteiger partial charge in [-0.15, -0.1) is 0 Å². The van der Waals surface area contributed by atoms with E-state index in [-0.39, 0.29) is 0 Å². The van der Waals surface area contributed by atoms with Gasteiger partial charge in [-0.25, -0.2) is 0 Å². The highest BCUT2D eigenvalue weighted by Gasteiger charge is 2.20. The van der Waals surface area contributed by atoms with Crippen molar-refractivity contribution in [2.24, 2.45) is 0 Å². The molecule has 0 aliphatic carbocycles. The summed E-state index contributed by atoms with van der Waals surface area (Å²) in [4.78, 5) is 11.9. The maximum absolute atomic E-state index is 13.5. The minimum absolute atomic E-state index is 0.444. The molecule has 1 saturated heterocycles. The number of hydrogen-bond acceptors (Lipinski definition) is 3. The highest BCUT2D eigenvalue weighted by molar-refractivity contribution is 5.58. The zero-order valence-corrected chi connectivity index (χ0v) is 9.07. The average Bonchev–Trinajstić information content (AvgIpc) is 2.73. The first kappa shape index (κ1) is 10.9. The fourth-order valence-electron chi connectivity index (χ4n) is 2.09. The van der Waals surface area contributed by atoms with Gasteiger partial charge < -0.3 is 4.90 Å². The van der Waals surface area contributed by atoms with Gasteiger partial charge in [-0.05, 0) is 25.3 Å². The number of hydrogen-bond donors (Lipinski definition) is 0. The zero-order valence-electron chi connectivity index (χ0n) is 9.07. The van der Waals surface area contributed by atoms with Gasteiger partial charge in [-0.3, -0.25) is 10.1 Å². The van der Waals surface area contributed by atoms with Crippen molar-refractivity contribution in [3.63, 3.8) is 0 Å². The third-order valence-corrected chi connectivity index (χ3v) is 2.91. The second kappa shape index (κ2) is 4.08. The van der Waals surface area contributed by atoms with E-state index in [9.17, 15) is 14.5 Å². The highest BCUT2D eigenvalue weighted by atomic mass is 19.1. The summed E-state index contributed by atoms with van der Waals surface area (Å²) in [5, 5.41) is 10.6. The molecule has 1 fully saturated rings. The molecule has 1 aromatic rings. The van der Waals surface area contributed by atoms with E-state index in [4.69, 9.17) is 0 Å². The summed E-state index contributed by atoms with van der Waals surface area (Å²) >= 11 is 0. The Morgan fingerprint density at radius 1 is 1.38 bits per heavy atom. The molecule has 5 heteroatoms. The summed E-state index contributed by atoms with van der Waals surface area (Å²) in [7, 11) is 0. The molecule has 0 unspecified atom stereocenters. The Balaban J connectivity index is 2.40. The Labute approximate surface area is 92.8 Å². The standard InChI is InChI=1S/C11H13FN2O2/c1-8-6-11(14(15)16)9(12)7-10(8)13-4-2-3-5-13/h6-7H,2-5H2,1H3. The van der Waals surface area contributed by atoms with Gasteiger partial charge in [0.1, 0.15) is 0 Å².